The van der Waals surface area contributed by atoms with Crippen molar-refractivity contribution in [2.45, 2.75) is 19.8 Å². The number of carbonyl (C=O) groups excluding carboxylic acids is 1. The molecule has 150 valence electrons. The number of carbonyl (C=O) groups is 1. The van der Waals surface area contributed by atoms with Crippen LogP contribution in [0.2, 0.25) is 0 Å². The second-order valence-electron chi connectivity index (χ2n) is 7.23. The van der Waals surface area contributed by atoms with Gasteiger partial charge in [-0.2, -0.15) is 0 Å². The Balaban J connectivity index is 1.34. The number of piperazine rings is 1. The lowest BCUT2D eigenvalue weighted by molar-refractivity contribution is -0.130. The van der Waals surface area contributed by atoms with E-state index in [1.54, 1.807) is 17.4 Å². The number of para-hydroxylation sites is 2. The normalized spacial score (nSPS) is 14.2. The molecule has 1 aromatic heterocycles. The number of nitrogens with zero attached hydrogens (tertiary/aromatic N) is 3. The molecule has 0 atom stereocenters. The molecule has 0 radical (unpaired) electrons. The number of benzene rings is 2. The Kier molecular flexibility index (Phi) is 5.81. The Hall–Kier alpha value is -2.86. The molecule has 29 heavy (non-hydrogen) atoms. The van der Waals surface area contributed by atoms with Crippen LogP contribution in [0.15, 0.2) is 53.9 Å². The minimum Gasteiger partial charge on any atom is -0.506 e. The lowest BCUT2D eigenvalue weighted by atomic mass is 10.1. The maximum absolute atomic E-state index is 12.7. The highest BCUT2D eigenvalue weighted by atomic mass is 32.1. The summed E-state index contributed by atoms with van der Waals surface area (Å²) in [6, 6.07) is 15.8. The number of rotatable bonds is 5. The van der Waals surface area contributed by atoms with E-state index >= 15 is 0 Å². The van der Waals surface area contributed by atoms with E-state index in [1.165, 1.54) is 5.56 Å². The summed E-state index contributed by atoms with van der Waals surface area (Å²) in [5.74, 6) is 0.398. The van der Waals surface area contributed by atoms with Crippen molar-refractivity contribution in [2.75, 3.05) is 31.1 Å². The molecule has 1 N–H and O–H groups in total. The Bertz CT molecular complexity index is 976. The summed E-state index contributed by atoms with van der Waals surface area (Å²) >= 11 is 1.59. The Morgan fingerprint density at radius 3 is 2.48 bits per heavy atom. The molecule has 0 aliphatic carbocycles. The summed E-state index contributed by atoms with van der Waals surface area (Å²) in [5.41, 5.74) is 4.07. The monoisotopic (exact) mass is 407 g/mol. The highest BCUT2D eigenvalue weighted by Crippen LogP contribution is 2.28. The number of aromatic hydroxyl groups is 1. The van der Waals surface area contributed by atoms with E-state index in [1.807, 2.05) is 28.5 Å². The third-order valence-corrected chi connectivity index (χ3v) is 6.29. The zero-order valence-electron chi connectivity index (χ0n) is 16.5. The smallest absolute Gasteiger partial charge is 0.228 e. The standard InChI is InChI=1S/C23H25N3O2S/c1-2-17-7-9-18(10-8-17)23-24-19(16-29-23)15-22(28)26-13-11-25(12-14-26)20-5-3-4-6-21(20)27/h3-10,16,27H,2,11-15H2,1H3. The molecule has 5 nitrogen and oxygen atoms in total. The SMILES string of the molecule is CCc1ccc(-c2nc(CC(=O)N3CCN(c4ccccc4O)CC3)cs2)cc1. The van der Waals surface area contributed by atoms with Gasteiger partial charge in [0.05, 0.1) is 17.8 Å². The molecule has 2 aromatic carbocycles. The maximum Gasteiger partial charge on any atom is 0.228 e. The van der Waals surface area contributed by atoms with E-state index in [9.17, 15) is 9.90 Å². The van der Waals surface area contributed by atoms with E-state index in [0.29, 0.717) is 19.5 Å². The van der Waals surface area contributed by atoms with Crippen molar-refractivity contribution >= 4 is 22.9 Å². The van der Waals surface area contributed by atoms with Gasteiger partial charge < -0.3 is 14.9 Å². The molecular weight excluding hydrogens is 382 g/mol. The topological polar surface area (TPSA) is 56.7 Å². The third-order valence-electron chi connectivity index (χ3n) is 5.35. The van der Waals surface area contributed by atoms with Crippen LogP contribution >= 0.6 is 11.3 Å². The number of amides is 1. The average Bonchev–Trinajstić information content (AvgIpc) is 3.23. The Morgan fingerprint density at radius 2 is 1.79 bits per heavy atom. The average molecular weight is 408 g/mol. The van der Waals surface area contributed by atoms with Gasteiger partial charge in [0.15, 0.2) is 0 Å². The number of hydrogen-bond acceptors (Lipinski definition) is 5. The predicted molar refractivity (Wildman–Crippen MR) is 118 cm³/mol. The largest absolute Gasteiger partial charge is 0.506 e. The van der Waals surface area contributed by atoms with E-state index < -0.39 is 0 Å². The van der Waals surface area contributed by atoms with Crippen LogP contribution in [0, 0.1) is 0 Å². The predicted octanol–water partition coefficient (Wildman–Crippen LogP) is 3.97. The Morgan fingerprint density at radius 1 is 1.07 bits per heavy atom. The van der Waals surface area contributed by atoms with Gasteiger partial charge in [0.25, 0.3) is 0 Å². The summed E-state index contributed by atoms with van der Waals surface area (Å²) in [6.45, 7) is 4.89. The van der Waals surface area contributed by atoms with E-state index in [2.05, 4.69) is 41.1 Å². The first kappa shape index (κ1) is 19.5. The van der Waals surface area contributed by atoms with Crippen LogP contribution in [0.3, 0.4) is 0 Å². The van der Waals surface area contributed by atoms with Crippen molar-refractivity contribution in [3.63, 3.8) is 0 Å². The van der Waals surface area contributed by atoms with Crippen LogP contribution in [0.1, 0.15) is 18.2 Å². The zero-order chi connectivity index (χ0) is 20.2. The van der Waals surface area contributed by atoms with Crippen molar-refractivity contribution in [1.82, 2.24) is 9.88 Å². The molecule has 0 spiro atoms. The first-order valence-corrected chi connectivity index (χ1v) is 10.9. The molecule has 1 aliphatic heterocycles. The fraction of sp³-hybridized carbons (Fsp3) is 0.304. The van der Waals surface area contributed by atoms with Gasteiger partial charge in [0.1, 0.15) is 10.8 Å². The molecule has 2 heterocycles. The number of phenolic OH excluding ortho intramolecular Hbond substituents is 1. The number of anilines is 1. The molecule has 3 aromatic rings. The number of hydrogen-bond donors (Lipinski definition) is 1. The van der Waals surface area contributed by atoms with Crippen molar-refractivity contribution in [3.05, 3.63) is 65.2 Å². The summed E-state index contributed by atoms with van der Waals surface area (Å²) < 4.78 is 0. The highest BCUT2D eigenvalue weighted by molar-refractivity contribution is 7.13. The van der Waals surface area contributed by atoms with Crippen LogP contribution in [-0.2, 0) is 17.6 Å². The van der Waals surface area contributed by atoms with Crippen LogP contribution in [0.4, 0.5) is 5.69 Å². The molecule has 0 unspecified atom stereocenters. The molecule has 6 heteroatoms. The quantitative estimate of drug-likeness (QED) is 0.695. The molecular formula is C23H25N3O2S. The third kappa shape index (κ3) is 4.43. The lowest BCUT2D eigenvalue weighted by Crippen LogP contribution is -2.49. The summed E-state index contributed by atoms with van der Waals surface area (Å²) in [7, 11) is 0. The van der Waals surface area contributed by atoms with Crippen molar-refractivity contribution in [3.8, 4) is 16.3 Å². The number of aromatic nitrogens is 1. The van der Waals surface area contributed by atoms with Crippen molar-refractivity contribution < 1.29 is 9.90 Å². The van der Waals surface area contributed by atoms with Gasteiger partial charge in [0.2, 0.25) is 5.91 Å². The van der Waals surface area contributed by atoms with Crippen LogP contribution < -0.4 is 4.90 Å². The van der Waals surface area contributed by atoms with Gasteiger partial charge in [0, 0.05) is 37.1 Å². The maximum atomic E-state index is 12.7. The minimum absolute atomic E-state index is 0.111. The van der Waals surface area contributed by atoms with Crippen molar-refractivity contribution in [2.24, 2.45) is 0 Å². The summed E-state index contributed by atoms with van der Waals surface area (Å²) in [5, 5.41) is 13.0. The van der Waals surface area contributed by atoms with Crippen LogP contribution in [0.5, 0.6) is 5.75 Å². The fourth-order valence-corrected chi connectivity index (χ4v) is 4.42. The fourth-order valence-electron chi connectivity index (χ4n) is 3.60. The molecule has 1 fully saturated rings. The Labute approximate surface area is 175 Å². The van der Waals surface area contributed by atoms with Gasteiger partial charge in [-0.25, -0.2) is 4.98 Å². The van der Waals surface area contributed by atoms with E-state index in [-0.39, 0.29) is 11.7 Å². The van der Waals surface area contributed by atoms with Gasteiger partial charge in [-0.3, -0.25) is 4.79 Å². The van der Waals surface area contributed by atoms with Gasteiger partial charge in [-0.05, 0) is 24.1 Å². The first-order chi connectivity index (χ1) is 14.1. The summed E-state index contributed by atoms with van der Waals surface area (Å²) in [4.78, 5) is 21.4. The van der Waals surface area contributed by atoms with Gasteiger partial charge in [-0.15, -0.1) is 11.3 Å². The number of aryl methyl sites for hydroxylation is 1. The minimum atomic E-state index is 0.111. The molecule has 1 aliphatic rings. The van der Waals surface area contributed by atoms with Crippen LogP contribution in [0.25, 0.3) is 10.6 Å². The van der Waals surface area contributed by atoms with E-state index in [4.69, 9.17) is 0 Å². The molecule has 0 saturated carbocycles. The first-order valence-electron chi connectivity index (χ1n) is 9.98. The lowest BCUT2D eigenvalue weighted by Gasteiger charge is -2.36. The second kappa shape index (κ2) is 8.66. The molecule has 1 amide bonds. The highest BCUT2D eigenvalue weighted by Gasteiger charge is 2.23. The summed E-state index contributed by atoms with van der Waals surface area (Å²) in [6.07, 6.45) is 1.36. The van der Waals surface area contributed by atoms with E-state index in [0.717, 1.165) is 41.5 Å². The number of phenols is 1. The molecule has 1 saturated heterocycles. The molecule has 4 rings (SSSR count). The van der Waals surface area contributed by atoms with Crippen molar-refractivity contribution in [1.29, 1.82) is 0 Å². The van der Waals surface area contributed by atoms with Gasteiger partial charge in [-0.1, -0.05) is 43.3 Å². The number of thiazole rings is 1. The molecule has 0 bridgehead atoms. The van der Waals surface area contributed by atoms with Gasteiger partial charge >= 0.3 is 0 Å². The van der Waals surface area contributed by atoms with Crippen LogP contribution in [-0.4, -0.2) is 47.1 Å². The second-order valence-corrected chi connectivity index (χ2v) is 8.09. The zero-order valence-corrected chi connectivity index (χ0v) is 17.4.